The quantitative estimate of drug-likeness (QED) is 0.489. The van der Waals surface area contributed by atoms with Crippen LogP contribution in [0.5, 0.6) is 0 Å². The van der Waals surface area contributed by atoms with Crippen molar-refractivity contribution in [3.63, 3.8) is 0 Å². The van der Waals surface area contributed by atoms with Crippen molar-refractivity contribution in [3.05, 3.63) is 55.8 Å². The average molecular weight is 334 g/mol. The van der Waals surface area contributed by atoms with Gasteiger partial charge in [0.2, 0.25) is 0 Å². The average Bonchev–Trinajstić information content (AvgIpc) is 3.00. The second kappa shape index (κ2) is 6.10. The molecule has 3 rings (SSSR count). The van der Waals surface area contributed by atoms with Crippen molar-refractivity contribution >= 4 is 34.7 Å². The van der Waals surface area contributed by atoms with Crippen molar-refractivity contribution in [3.8, 4) is 0 Å². The van der Waals surface area contributed by atoms with Crippen molar-refractivity contribution in [2.75, 3.05) is 12.8 Å². The molecule has 0 radical (unpaired) electrons. The molecule has 5 nitrogen and oxygen atoms in total. The summed E-state index contributed by atoms with van der Waals surface area (Å²) in [4.78, 5) is 27.3. The molecule has 0 unspecified atom stereocenters. The molecular formula is C15H14N2O3S2. The molecule has 1 amide bonds. The number of hydrogen-bond donors (Lipinski definition) is 0. The monoisotopic (exact) mass is 334 g/mol. The lowest BCUT2D eigenvalue weighted by molar-refractivity contribution is -0.385. The minimum Gasteiger partial charge on any atom is -0.334 e. The Morgan fingerprint density at radius 3 is 2.95 bits per heavy atom. The van der Waals surface area contributed by atoms with Gasteiger partial charge in [0.15, 0.2) is 0 Å². The van der Waals surface area contributed by atoms with E-state index >= 15 is 0 Å². The summed E-state index contributed by atoms with van der Waals surface area (Å²) in [5, 5.41) is 13.2. The van der Waals surface area contributed by atoms with Crippen molar-refractivity contribution in [1.82, 2.24) is 4.90 Å². The van der Waals surface area contributed by atoms with Gasteiger partial charge in [-0.25, -0.2) is 0 Å². The summed E-state index contributed by atoms with van der Waals surface area (Å²) in [5.74, 6) is -0.264. The second-order valence-corrected chi connectivity index (χ2v) is 6.87. The minimum atomic E-state index is -0.489. The van der Waals surface area contributed by atoms with E-state index in [-0.39, 0.29) is 17.2 Å². The van der Waals surface area contributed by atoms with Crippen LogP contribution >= 0.6 is 23.1 Å². The van der Waals surface area contributed by atoms with Crippen molar-refractivity contribution < 1.29 is 9.72 Å². The number of nitro benzene ring substituents is 1. The van der Waals surface area contributed by atoms with Crippen molar-refractivity contribution in [2.24, 2.45) is 0 Å². The Kier molecular flexibility index (Phi) is 4.17. The molecule has 0 saturated heterocycles. The smallest absolute Gasteiger partial charge is 0.282 e. The highest BCUT2D eigenvalue weighted by Crippen LogP contribution is 2.29. The topological polar surface area (TPSA) is 63.5 Å². The van der Waals surface area contributed by atoms with E-state index in [0.717, 1.165) is 16.9 Å². The van der Waals surface area contributed by atoms with Gasteiger partial charge < -0.3 is 4.90 Å². The molecule has 1 aromatic carbocycles. The van der Waals surface area contributed by atoms with E-state index in [0.29, 0.717) is 13.1 Å². The number of hydrogen-bond acceptors (Lipinski definition) is 5. The molecule has 0 saturated carbocycles. The van der Waals surface area contributed by atoms with E-state index < -0.39 is 4.92 Å². The molecular weight excluding hydrogens is 320 g/mol. The van der Waals surface area contributed by atoms with Gasteiger partial charge in [-0.3, -0.25) is 14.9 Å². The van der Waals surface area contributed by atoms with E-state index in [2.05, 4.69) is 0 Å². The number of thioether (sulfide) groups is 1. The fourth-order valence-corrected chi connectivity index (χ4v) is 3.89. The normalized spacial score (nSPS) is 13.8. The van der Waals surface area contributed by atoms with Gasteiger partial charge in [-0.05, 0) is 41.8 Å². The van der Waals surface area contributed by atoms with Crippen LogP contribution < -0.4 is 0 Å². The summed E-state index contributed by atoms with van der Waals surface area (Å²) < 4.78 is 0. The van der Waals surface area contributed by atoms with Crippen LogP contribution in [-0.4, -0.2) is 28.5 Å². The molecule has 1 aromatic heterocycles. The zero-order chi connectivity index (χ0) is 15.7. The lowest BCUT2D eigenvalue weighted by Crippen LogP contribution is -2.35. The molecule has 7 heteroatoms. The number of amides is 1. The molecule has 0 N–H and O–H groups in total. The standard InChI is InChI=1S/C15H14N2O3S2/c1-21-11-2-3-13(17(19)20)12(8-11)15(18)16-6-4-14-10(9-16)5-7-22-14/h2-3,5,7-8H,4,6,9H2,1H3. The highest BCUT2D eigenvalue weighted by atomic mass is 32.2. The van der Waals surface area contributed by atoms with Crippen LogP contribution in [0.15, 0.2) is 34.5 Å². The first-order valence-electron chi connectivity index (χ1n) is 6.77. The van der Waals surface area contributed by atoms with E-state index in [1.807, 2.05) is 17.7 Å². The van der Waals surface area contributed by atoms with Gasteiger partial charge in [-0.1, -0.05) is 0 Å². The van der Waals surface area contributed by atoms with Crippen LogP contribution in [0.1, 0.15) is 20.8 Å². The third kappa shape index (κ3) is 2.74. The Balaban J connectivity index is 1.93. The highest BCUT2D eigenvalue weighted by Gasteiger charge is 2.28. The van der Waals surface area contributed by atoms with Gasteiger partial charge >= 0.3 is 0 Å². The summed E-state index contributed by atoms with van der Waals surface area (Å²) in [6.45, 7) is 1.13. The number of rotatable bonds is 3. The molecule has 0 spiro atoms. The number of carbonyl (C=O) groups is 1. The third-order valence-electron chi connectivity index (χ3n) is 3.73. The summed E-state index contributed by atoms with van der Waals surface area (Å²) >= 11 is 3.17. The largest absolute Gasteiger partial charge is 0.334 e. The molecule has 22 heavy (non-hydrogen) atoms. The van der Waals surface area contributed by atoms with Crippen LogP contribution in [0, 0.1) is 10.1 Å². The SMILES string of the molecule is CSc1ccc([N+](=O)[O-])c(C(=O)N2CCc3sccc3C2)c1. The molecule has 0 aliphatic carbocycles. The van der Waals surface area contributed by atoms with Crippen LogP contribution in [-0.2, 0) is 13.0 Å². The zero-order valence-corrected chi connectivity index (χ0v) is 13.6. The second-order valence-electron chi connectivity index (χ2n) is 4.99. The van der Waals surface area contributed by atoms with Crippen LogP contribution in [0.3, 0.4) is 0 Å². The Morgan fingerprint density at radius 2 is 2.23 bits per heavy atom. The highest BCUT2D eigenvalue weighted by molar-refractivity contribution is 7.98. The van der Waals surface area contributed by atoms with E-state index in [1.54, 1.807) is 28.4 Å². The van der Waals surface area contributed by atoms with Crippen LogP contribution in [0.4, 0.5) is 5.69 Å². The lowest BCUT2D eigenvalue weighted by atomic mass is 10.1. The van der Waals surface area contributed by atoms with E-state index in [9.17, 15) is 14.9 Å². The number of carbonyl (C=O) groups excluding carboxylic acids is 1. The molecule has 2 heterocycles. The van der Waals surface area contributed by atoms with Gasteiger partial charge in [0.05, 0.1) is 4.92 Å². The van der Waals surface area contributed by atoms with Crippen LogP contribution in [0.25, 0.3) is 0 Å². The zero-order valence-electron chi connectivity index (χ0n) is 11.9. The summed E-state index contributed by atoms with van der Waals surface area (Å²) in [7, 11) is 0. The lowest BCUT2D eigenvalue weighted by Gasteiger charge is -2.27. The number of fused-ring (bicyclic) bond motifs is 1. The van der Waals surface area contributed by atoms with E-state index in [4.69, 9.17) is 0 Å². The maximum absolute atomic E-state index is 12.7. The number of nitro groups is 1. The third-order valence-corrected chi connectivity index (χ3v) is 5.47. The molecule has 1 aliphatic rings. The molecule has 1 aliphatic heterocycles. The van der Waals surface area contributed by atoms with Crippen LogP contribution in [0.2, 0.25) is 0 Å². The molecule has 0 atom stereocenters. The first kappa shape index (κ1) is 15.1. The predicted molar refractivity (Wildman–Crippen MR) is 87.6 cm³/mol. The Hall–Kier alpha value is -1.86. The first-order chi connectivity index (χ1) is 10.6. The van der Waals surface area contributed by atoms with Gasteiger partial charge in [0.25, 0.3) is 11.6 Å². The summed E-state index contributed by atoms with van der Waals surface area (Å²) in [6, 6.07) is 6.73. The summed E-state index contributed by atoms with van der Waals surface area (Å²) in [6.07, 6.45) is 2.70. The maximum Gasteiger partial charge on any atom is 0.282 e. The maximum atomic E-state index is 12.7. The Morgan fingerprint density at radius 1 is 1.41 bits per heavy atom. The molecule has 0 bridgehead atoms. The number of benzene rings is 1. The van der Waals surface area contributed by atoms with Gasteiger partial charge in [0.1, 0.15) is 5.56 Å². The van der Waals surface area contributed by atoms with Gasteiger partial charge in [0, 0.05) is 28.9 Å². The number of nitrogens with zero attached hydrogens (tertiary/aromatic N) is 2. The van der Waals surface area contributed by atoms with Gasteiger partial charge in [-0.2, -0.15) is 0 Å². The summed E-state index contributed by atoms with van der Waals surface area (Å²) in [5.41, 5.74) is 1.20. The Bertz CT molecular complexity index is 742. The predicted octanol–water partition coefficient (Wildman–Crippen LogP) is 3.58. The van der Waals surface area contributed by atoms with E-state index in [1.165, 1.54) is 22.7 Å². The number of thiophene rings is 1. The Labute approximate surface area is 136 Å². The van der Waals surface area contributed by atoms with Crippen molar-refractivity contribution in [1.29, 1.82) is 0 Å². The minimum absolute atomic E-state index is 0.126. The fourth-order valence-electron chi connectivity index (χ4n) is 2.56. The first-order valence-corrected chi connectivity index (χ1v) is 8.87. The molecule has 2 aromatic rings. The fraction of sp³-hybridized carbons (Fsp3) is 0.267. The van der Waals surface area contributed by atoms with Gasteiger partial charge in [-0.15, -0.1) is 23.1 Å². The van der Waals surface area contributed by atoms with Crippen molar-refractivity contribution in [2.45, 2.75) is 17.9 Å². The molecule has 114 valence electrons. The molecule has 0 fully saturated rings.